The molecular formula is C9H11ClN4O. The maximum absolute atomic E-state index is 11.2. The summed E-state index contributed by atoms with van der Waals surface area (Å²) in [4.78, 5) is 11.2. The number of aromatic amines is 1. The molecule has 0 aliphatic rings. The molecule has 15 heavy (non-hydrogen) atoms. The van der Waals surface area contributed by atoms with Gasteiger partial charge in [0.2, 0.25) is 0 Å². The molecule has 0 radical (unpaired) electrons. The summed E-state index contributed by atoms with van der Waals surface area (Å²) in [6.07, 6.45) is 1.53. The van der Waals surface area contributed by atoms with Crippen LogP contribution in [-0.2, 0) is 6.42 Å². The normalized spacial score (nSPS) is 13.2. The number of hydrogen-bond acceptors (Lipinski definition) is 3. The summed E-state index contributed by atoms with van der Waals surface area (Å²) in [6.45, 7) is 2.01. The number of hydrogen-bond donors (Lipinski definition) is 1. The van der Waals surface area contributed by atoms with E-state index in [-0.39, 0.29) is 11.1 Å². The van der Waals surface area contributed by atoms with E-state index in [1.165, 1.54) is 4.52 Å². The quantitative estimate of drug-likeness (QED) is 0.794. The van der Waals surface area contributed by atoms with Crippen LogP contribution >= 0.6 is 11.6 Å². The second-order valence-corrected chi connectivity index (χ2v) is 3.95. The largest absolute Gasteiger partial charge is 0.364 e. The zero-order chi connectivity index (χ0) is 10.8. The number of fused-ring (bicyclic) bond motifs is 1. The van der Waals surface area contributed by atoms with E-state index in [0.29, 0.717) is 12.1 Å². The number of alkyl halides is 1. The number of H-pyrrole nitrogens is 1. The van der Waals surface area contributed by atoms with Crippen molar-refractivity contribution < 1.29 is 0 Å². The van der Waals surface area contributed by atoms with Crippen molar-refractivity contribution in [3.8, 4) is 0 Å². The first-order chi connectivity index (χ1) is 7.20. The summed E-state index contributed by atoms with van der Waals surface area (Å²) < 4.78 is 1.24. The van der Waals surface area contributed by atoms with E-state index in [9.17, 15) is 4.79 Å². The Kier molecular flexibility index (Phi) is 2.73. The highest BCUT2D eigenvalue weighted by Gasteiger charge is 2.07. The van der Waals surface area contributed by atoms with E-state index in [4.69, 9.17) is 11.6 Å². The highest BCUT2D eigenvalue weighted by Crippen LogP contribution is 2.08. The molecule has 0 aliphatic heterocycles. The van der Waals surface area contributed by atoms with Crippen LogP contribution in [0, 0.1) is 0 Å². The van der Waals surface area contributed by atoms with Gasteiger partial charge in [0.15, 0.2) is 5.65 Å². The van der Waals surface area contributed by atoms with Crippen LogP contribution in [0.25, 0.3) is 5.65 Å². The fourth-order valence-corrected chi connectivity index (χ4v) is 1.48. The molecule has 0 saturated carbocycles. The van der Waals surface area contributed by atoms with Crippen LogP contribution in [0.2, 0.25) is 0 Å². The zero-order valence-corrected chi connectivity index (χ0v) is 9.03. The fourth-order valence-electron chi connectivity index (χ4n) is 1.32. The molecule has 2 rings (SSSR count). The number of rotatable bonds is 3. The van der Waals surface area contributed by atoms with Crippen LogP contribution in [0.5, 0.6) is 0 Å². The molecule has 0 aliphatic carbocycles. The van der Waals surface area contributed by atoms with Gasteiger partial charge in [-0.15, -0.1) is 11.6 Å². The molecule has 6 heteroatoms. The molecule has 80 valence electrons. The lowest BCUT2D eigenvalue weighted by molar-refractivity contribution is 0.747. The Labute approximate surface area is 91.1 Å². The molecule has 0 amide bonds. The molecule has 5 nitrogen and oxygen atoms in total. The Morgan fingerprint density at radius 1 is 1.60 bits per heavy atom. The number of aromatic nitrogens is 4. The van der Waals surface area contributed by atoms with Crippen LogP contribution in [0.4, 0.5) is 0 Å². The lowest BCUT2D eigenvalue weighted by Crippen LogP contribution is -2.14. The van der Waals surface area contributed by atoms with Crippen molar-refractivity contribution in [1.29, 1.82) is 0 Å². The fraction of sp³-hybridized carbons (Fsp3) is 0.444. The predicted molar refractivity (Wildman–Crippen MR) is 57.2 cm³/mol. The summed E-state index contributed by atoms with van der Waals surface area (Å²) in [5, 5.41) is 10.3. The third-order valence-corrected chi connectivity index (χ3v) is 2.67. The highest BCUT2D eigenvalue weighted by molar-refractivity contribution is 6.20. The van der Waals surface area contributed by atoms with Gasteiger partial charge in [-0.1, -0.05) is 6.92 Å². The van der Waals surface area contributed by atoms with E-state index in [0.717, 1.165) is 12.1 Å². The average molecular weight is 227 g/mol. The Morgan fingerprint density at radius 2 is 2.40 bits per heavy atom. The Hall–Kier alpha value is -1.36. The van der Waals surface area contributed by atoms with Gasteiger partial charge in [-0.25, -0.2) is 9.89 Å². The van der Waals surface area contributed by atoms with Gasteiger partial charge in [-0.05, 0) is 18.6 Å². The maximum Gasteiger partial charge on any atom is 0.364 e. The van der Waals surface area contributed by atoms with E-state index in [1.807, 2.05) is 13.0 Å². The minimum Gasteiger partial charge on any atom is -0.244 e. The first-order valence-corrected chi connectivity index (χ1v) is 5.21. The molecule has 2 aromatic heterocycles. The molecule has 2 aromatic rings. The van der Waals surface area contributed by atoms with Gasteiger partial charge in [-0.2, -0.15) is 14.7 Å². The van der Waals surface area contributed by atoms with Crippen molar-refractivity contribution in [2.24, 2.45) is 0 Å². The smallest absolute Gasteiger partial charge is 0.244 e. The SMILES string of the molecule is CCC(Cl)Cc1ccc2n[nH]c(=O)n2n1. The Morgan fingerprint density at radius 3 is 3.13 bits per heavy atom. The van der Waals surface area contributed by atoms with Gasteiger partial charge < -0.3 is 0 Å². The average Bonchev–Trinajstić information content (AvgIpc) is 2.60. The predicted octanol–water partition coefficient (Wildman–Crippen LogP) is 0.977. The molecule has 0 bridgehead atoms. The summed E-state index contributed by atoms with van der Waals surface area (Å²) in [5.74, 6) is 0. The van der Waals surface area contributed by atoms with Crippen molar-refractivity contribution >= 4 is 17.2 Å². The lowest BCUT2D eigenvalue weighted by Gasteiger charge is -2.04. The van der Waals surface area contributed by atoms with Gasteiger partial charge in [0.1, 0.15) is 0 Å². The van der Waals surface area contributed by atoms with E-state index < -0.39 is 0 Å². The number of halogens is 1. The van der Waals surface area contributed by atoms with Gasteiger partial charge >= 0.3 is 5.69 Å². The molecule has 2 heterocycles. The van der Waals surface area contributed by atoms with Crippen LogP contribution in [-0.4, -0.2) is 25.2 Å². The van der Waals surface area contributed by atoms with E-state index in [2.05, 4.69) is 15.3 Å². The van der Waals surface area contributed by atoms with Crippen LogP contribution in [0.15, 0.2) is 16.9 Å². The second-order valence-electron chi connectivity index (χ2n) is 3.33. The summed E-state index contributed by atoms with van der Waals surface area (Å²) >= 11 is 6.01. The third-order valence-electron chi connectivity index (χ3n) is 2.20. The molecule has 1 atom stereocenters. The van der Waals surface area contributed by atoms with E-state index in [1.54, 1.807) is 6.07 Å². The molecule has 0 aromatic carbocycles. The van der Waals surface area contributed by atoms with Crippen LogP contribution < -0.4 is 5.69 Å². The van der Waals surface area contributed by atoms with Crippen molar-refractivity contribution in [2.75, 3.05) is 0 Å². The first-order valence-electron chi connectivity index (χ1n) is 4.78. The first kappa shape index (κ1) is 10.2. The lowest BCUT2D eigenvalue weighted by atomic mass is 10.2. The van der Waals surface area contributed by atoms with Crippen molar-refractivity contribution in [3.63, 3.8) is 0 Å². The van der Waals surface area contributed by atoms with Gasteiger partial charge in [0.05, 0.1) is 5.69 Å². The van der Waals surface area contributed by atoms with Gasteiger partial charge in [-0.3, -0.25) is 0 Å². The molecule has 0 fully saturated rings. The van der Waals surface area contributed by atoms with Crippen LogP contribution in [0.3, 0.4) is 0 Å². The van der Waals surface area contributed by atoms with Gasteiger partial charge in [0, 0.05) is 11.8 Å². The zero-order valence-electron chi connectivity index (χ0n) is 8.27. The molecule has 0 spiro atoms. The second kappa shape index (κ2) is 4.02. The van der Waals surface area contributed by atoms with Crippen molar-refractivity contribution in [1.82, 2.24) is 19.8 Å². The minimum absolute atomic E-state index is 0.0533. The molecule has 0 saturated heterocycles. The summed E-state index contributed by atoms with van der Waals surface area (Å²) in [7, 11) is 0. The standard InChI is InChI=1S/C9H11ClN4O/c1-2-6(10)5-7-3-4-8-11-12-9(15)14(8)13-7/h3-4,6H,2,5H2,1H3,(H,12,15). The summed E-state index contributed by atoms with van der Waals surface area (Å²) in [6, 6.07) is 3.58. The minimum atomic E-state index is -0.325. The van der Waals surface area contributed by atoms with Crippen LogP contribution in [0.1, 0.15) is 19.0 Å². The molecule has 1 N–H and O–H groups in total. The van der Waals surface area contributed by atoms with E-state index >= 15 is 0 Å². The summed E-state index contributed by atoms with van der Waals surface area (Å²) in [5.41, 5.74) is 0.994. The monoisotopic (exact) mass is 226 g/mol. The number of nitrogens with one attached hydrogen (secondary N) is 1. The van der Waals surface area contributed by atoms with Gasteiger partial charge in [0.25, 0.3) is 0 Å². The molecular weight excluding hydrogens is 216 g/mol. The topological polar surface area (TPSA) is 63.0 Å². The maximum atomic E-state index is 11.2. The molecule has 1 unspecified atom stereocenters. The third kappa shape index (κ3) is 2.02. The highest BCUT2D eigenvalue weighted by atomic mass is 35.5. The Bertz CT molecular complexity index is 518. The number of nitrogens with zero attached hydrogens (tertiary/aromatic N) is 3. The Balaban J connectivity index is 2.37. The van der Waals surface area contributed by atoms with Crippen molar-refractivity contribution in [3.05, 3.63) is 28.3 Å². The van der Waals surface area contributed by atoms with Crippen molar-refractivity contribution in [2.45, 2.75) is 25.1 Å².